The van der Waals surface area contributed by atoms with Gasteiger partial charge >= 0.3 is 6.09 Å². The van der Waals surface area contributed by atoms with E-state index in [1.165, 1.54) is 17.7 Å². The van der Waals surface area contributed by atoms with E-state index in [4.69, 9.17) is 10.5 Å². The molecule has 112 valence electrons. The number of aryl methyl sites for hydroxylation is 1. The number of fused-ring (bicyclic) bond motifs is 1. The van der Waals surface area contributed by atoms with Crippen LogP contribution in [0.1, 0.15) is 56.6 Å². The summed E-state index contributed by atoms with van der Waals surface area (Å²) in [5.41, 5.74) is 8.51. The first-order valence-electron chi connectivity index (χ1n) is 7.16. The lowest BCUT2D eigenvalue weighted by Gasteiger charge is -2.23. The summed E-state index contributed by atoms with van der Waals surface area (Å²) in [7, 11) is 0. The topological polar surface area (TPSA) is 93.0 Å². The molecule has 20 heavy (non-hydrogen) atoms. The van der Waals surface area contributed by atoms with Crippen molar-refractivity contribution < 1.29 is 9.53 Å². The number of hydrogen-bond acceptors (Lipinski definition) is 4. The van der Waals surface area contributed by atoms with Gasteiger partial charge in [-0.05, 0) is 52.0 Å². The van der Waals surface area contributed by atoms with Gasteiger partial charge in [0.05, 0.1) is 11.7 Å². The van der Waals surface area contributed by atoms with E-state index >= 15 is 0 Å². The molecule has 2 rings (SSSR count). The molecule has 0 aliphatic heterocycles. The van der Waals surface area contributed by atoms with Crippen LogP contribution in [0.2, 0.25) is 0 Å². The highest BCUT2D eigenvalue weighted by Gasteiger charge is 2.25. The van der Waals surface area contributed by atoms with Gasteiger partial charge in [-0.2, -0.15) is 5.10 Å². The molecule has 0 spiro atoms. The molecule has 1 aliphatic rings. The van der Waals surface area contributed by atoms with Crippen LogP contribution >= 0.6 is 0 Å². The van der Waals surface area contributed by atoms with Crippen molar-refractivity contribution in [1.82, 2.24) is 15.5 Å². The zero-order chi connectivity index (χ0) is 14.8. The van der Waals surface area contributed by atoms with Crippen molar-refractivity contribution in [3.05, 3.63) is 17.0 Å². The summed E-state index contributed by atoms with van der Waals surface area (Å²) in [5.74, 6) is 0. The second-order valence-electron chi connectivity index (χ2n) is 6.21. The van der Waals surface area contributed by atoms with Gasteiger partial charge in [0, 0.05) is 12.2 Å². The van der Waals surface area contributed by atoms with Crippen molar-refractivity contribution in [3.8, 4) is 0 Å². The standard InChI is InChI=1S/C14H24N4O2/c1-14(2,3)20-13(19)16-11(8-15)12-9-6-4-5-7-10(9)17-18-12/h11H,4-8,15H2,1-3H3,(H,16,19)(H,17,18). The number of nitrogens with zero attached hydrogens (tertiary/aromatic N) is 1. The molecule has 6 nitrogen and oxygen atoms in total. The van der Waals surface area contributed by atoms with Gasteiger partial charge in [-0.25, -0.2) is 4.79 Å². The van der Waals surface area contributed by atoms with Gasteiger partial charge in [-0.15, -0.1) is 0 Å². The Morgan fingerprint density at radius 1 is 1.45 bits per heavy atom. The predicted octanol–water partition coefficient (Wildman–Crippen LogP) is 1.81. The number of amides is 1. The molecule has 1 aliphatic carbocycles. The Morgan fingerprint density at radius 3 is 2.80 bits per heavy atom. The molecular weight excluding hydrogens is 256 g/mol. The van der Waals surface area contributed by atoms with E-state index < -0.39 is 11.7 Å². The van der Waals surface area contributed by atoms with Crippen LogP contribution < -0.4 is 11.1 Å². The summed E-state index contributed by atoms with van der Waals surface area (Å²) >= 11 is 0. The highest BCUT2D eigenvalue weighted by Crippen LogP contribution is 2.26. The summed E-state index contributed by atoms with van der Waals surface area (Å²) in [6, 6.07) is -0.303. The molecule has 1 amide bonds. The predicted molar refractivity (Wildman–Crippen MR) is 76.4 cm³/mol. The normalized spacial score (nSPS) is 16.4. The molecular formula is C14H24N4O2. The molecule has 0 radical (unpaired) electrons. The van der Waals surface area contributed by atoms with Crippen LogP contribution in [-0.4, -0.2) is 28.4 Å². The van der Waals surface area contributed by atoms with E-state index in [-0.39, 0.29) is 6.04 Å². The highest BCUT2D eigenvalue weighted by atomic mass is 16.6. The third kappa shape index (κ3) is 3.50. The zero-order valence-corrected chi connectivity index (χ0v) is 12.5. The Balaban J connectivity index is 2.09. The number of carbonyl (C=O) groups excluding carboxylic acids is 1. The zero-order valence-electron chi connectivity index (χ0n) is 12.5. The van der Waals surface area contributed by atoms with Crippen molar-refractivity contribution in [2.24, 2.45) is 5.73 Å². The van der Waals surface area contributed by atoms with Crippen LogP contribution in [0, 0.1) is 0 Å². The molecule has 1 unspecified atom stereocenters. The average Bonchev–Trinajstić information content (AvgIpc) is 2.77. The minimum atomic E-state index is -0.520. The first-order chi connectivity index (χ1) is 9.40. The number of aromatic nitrogens is 2. The summed E-state index contributed by atoms with van der Waals surface area (Å²) in [6.07, 6.45) is 3.89. The van der Waals surface area contributed by atoms with E-state index in [1.807, 2.05) is 20.8 Å². The maximum atomic E-state index is 11.9. The molecule has 4 N–H and O–H groups in total. The molecule has 1 aromatic heterocycles. The van der Waals surface area contributed by atoms with Crippen molar-refractivity contribution in [2.75, 3.05) is 6.54 Å². The number of carbonyl (C=O) groups is 1. The number of H-pyrrole nitrogens is 1. The van der Waals surface area contributed by atoms with Crippen LogP contribution in [0.4, 0.5) is 4.79 Å². The SMILES string of the molecule is CC(C)(C)OC(=O)NC(CN)c1n[nH]c2c1CCCC2. The van der Waals surface area contributed by atoms with E-state index in [1.54, 1.807) is 0 Å². The number of rotatable bonds is 3. The second kappa shape index (κ2) is 5.83. The molecule has 0 bridgehead atoms. The van der Waals surface area contributed by atoms with Crippen LogP contribution in [-0.2, 0) is 17.6 Å². The Hall–Kier alpha value is -1.56. The lowest BCUT2D eigenvalue weighted by Crippen LogP contribution is -2.38. The molecule has 0 fully saturated rings. The first kappa shape index (κ1) is 14.8. The average molecular weight is 280 g/mol. The monoisotopic (exact) mass is 280 g/mol. The molecule has 0 aromatic carbocycles. The number of hydrogen-bond donors (Lipinski definition) is 3. The fourth-order valence-electron chi connectivity index (χ4n) is 2.48. The van der Waals surface area contributed by atoms with E-state index in [0.717, 1.165) is 25.0 Å². The maximum Gasteiger partial charge on any atom is 0.408 e. The molecule has 6 heteroatoms. The van der Waals surface area contributed by atoms with E-state index in [2.05, 4.69) is 15.5 Å². The molecule has 0 saturated heterocycles. The van der Waals surface area contributed by atoms with Gasteiger partial charge in [0.2, 0.25) is 0 Å². The van der Waals surface area contributed by atoms with Crippen molar-refractivity contribution in [2.45, 2.75) is 58.1 Å². The Labute approximate surface area is 119 Å². The number of ether oxygens (including phenoxy) is 1. The van der Waals surface area contributed by atoms with Gasteiger partial charge in [0.1, 0.15) is 5.60 Å². The van der Waals surface area contributed by atoms with Crippen LogP contribution in [0.3, 0.4) is 0 Å². The van der Waals surface area contributed by atoms with Gasteiger partial charge in [-0.1, -0.05) is 0 Å². The number of aromatic amines is 1. The van der Waals surface area contributed by atoms with Crippen molar-refractivity contribution in [3.63, 3.8) is 0 Å². The lowest BCUT2D eigenvalue weighted by molar-refractivity contribution is 0.0504. The number of nitrogens with one attached hydrogen (secondary N) is 2. The fraction of sp³-hybridized carbons (Fsp3) is 0.714. The van der Waals surface area contributed by atoms with Crippen LogP contribution in [0.5, 0.6) is 0 Å². The Kier molecular flexibility index (Phi) is 4.32. The van der Waals surface area contributed by atoms with Gasteiger partial charge in [0.15, 0.2) is 0 Å². The molecule has 0 saturated carbocycles. The fourth-order valence-corrected chi connectivity index (χ4v) is 2.48. The number of alkyl carbamates (subject to hydrolysis) is 1. The van der Waals surface area contributed by atoms with Crippen LogP contribution in [0.15, 0.2) is 0 Å². The lowest BCUT2D eigenvalue weighted by atomic mass is 9.94. The minimum absolute atomic E-state index is 0.302. The summed E-state index contributed by atoms with van der Waals surface area (Å²) < 4.78 is 5.27. The third-order valence-electron chi connectivity index (χ3n) is 3.35. The largest absolute Gasteiger partial charge is 0.444 e. The van der Waals surface area contributed by atoms with Gasteiger partial charge in [-0.3, -0.25) is 5.10 Å². The highest BCUT2D eigenvalue weighted by molar-refractivity contribution is 5.68. The second-order valence-corrected chi connectivity index (χ2v) is 6.21. The smallest absolute Gasteiger partial charge is 0.408 e. The molecule has 1 atom stereocenters. The first-order valence-corrected chi connectivity index (χ1v) is 7.16. The summed E-state index contributed by atoms with van der Waals surface area (Å²) in [5, 5.41) is 10.2. The molecule has 1 heterocycles. The van der Waals surface area contributed by atoms with Gasteiger partial charge < -0.3 is 15.8 Å². The van der Waals surface area contributed by atoms with E-state index in [0.29, 0.717) is 6.54 Å². The van der Waals surface area contributed by atoms with Gasteiger partial charge in [0.25, 0.3) is 0 Å². The number of nitrogens with two attached hydrogens (primary N) is 1. The summed E-state index contributed by atoms with van der Waals surface area (Å²) in [4.78, 5) is 11.9. The van der Waals surface area contributed by atoms with Crippen molar-refractivity contribution >= 4 is 6.09 Å². The van der Waals surface area contributed by atoms with E-state index in [9.17, 15) is 4.79 Å². The summed E-state index contributed by atoms with van der Waals surface area (Å²) in [6.45, 7) is 5.80. The molecule has 1 aromatic rings. The minimum Gasteiger partial charge on any atom is -0.444 e. The van der Waals surface area contributed by atoms with Crippen molar-refractivity contribution in [1.29, 1.82) is 0 Å². The third-order valence-corrected chi connectivity index (χ3v) is 3.35. The quantitative estimate of drug-likeness (QED) is 0.787. The maximum absolute atomic E-state index is 11.9. The Morgan fingerprint density at radius 2 is 2.15 bits per heavy atom. The Bertz CT molecular complexity index is 476. The van der Waals surface area contributed by atoms with Crippen LogP contribution in [0.25, 0.3) is 0 Å².